The van der Waals surface area contributed by atoms with Crippen LogP contribution in [0.4, 0.5) is 0 Å². The summed E-state index contributed by atoms with van der Waals surface area (Å²) in [5.41, 5.74) is 0. The molecule has 0 radical (unpaired) electrons. The highest BCUT2D eigenvalue weighted by molar-refractivity contribution is 4.92. The van der Waals surface area contributed by atoms with Crippen LogP contribution in [0.15, 0.2) is 0 Å². The SMILES string of the molecule is CCC(C#N)N1CCN(CC2CCCO2)CC1. The summed E-state index contributed by atoms with van der Waals surface area (Å²) in [5, 5.41) is 9.05. The molecule has 0 aromatic carbocycles. The van der Waals surface area contributed by atoms with Crippen LogP contribution in [-0.4, -0.2) is 61.3 Å². The molecular weight excluding hydrogens is 214 g/mol. The predicted molar refractivity (Wildman–Crippen MR) is 66.7 cm³/mol. The van der Waals surface area contributed by atoms with Crippen LogP contribution < -0.4 is 0 Å². The van der Waals surface area contributed by atoms with E-state index in [9.17, 15) is 0 Å². The van der Waals surface area contributed by atoms with Crippen molar-refractivity contribution in [3.05, 3.63) is 0 Å². The largest absolute Gasteiger partial charge is 0.377 e. The van der Waals surface area contributed by atoms with Crippen molar-refractivity contribution in [3.63, 3.8) is 0 Å². The minimum Gasteiger partial charge on any atom is -0.377 e. The predicted octanol–water partition coefficient (Wildman–Crippen LogP) is 1.09. The van der Waals surface area contributed by atoms with Crippen LogP contribution in [0.2, 0.25) is 0 Å². The van der Waals surface area contributed by atoms with E-state index in [1.807, 2.05) is 0 Å². The molecule has 0 aliphatic carbocycles. The van der Waals surface area contributed by atoms with Crippen LogP contribution in [0.1, 0.15) is 26.2 Å². The van der Waals surface area contributed by atoms with E-state index in [1.165, 1.54) is 12.8 Å². The van der Waals surface area contributed by atoms with E-state index < -0.39 is 0 Å². The first-order chi connectivity index (χ1) is 8.33. The highest BCUT2D eigenvalue weighted by atomic mass is 16.5. The van der Waals surface area contributed by atoms with Gasteiger partial charge < -0.3 is 4.74 Å². The first-order valence-electron chi connectivity index (χ1n) is 6.81. The molecule has 2 unspecified atom stereocenters. The molecule has 96 valence electrons. The second-order valence-electron chi connectivity index (χ2n) is 5.02. The van der Waals surface area contributed by atoms with E-state index >= 15 is 0 Å². The van der Waals surface area contributed by atoms with Crippen LogP contribution in [0.25, 0.3) is 0 Å². The van der Waals surface area contributed by atoms with Crippen LogP contribution in [0.5, 0.6) is 0 Å². The normalized spacial score (nSPS) is 29.1. The van der Waals surface area contributed by atoms with E-state index in [-0.39, 0.29) is 6.04 Å². The van der Waals surface area contributed by atoms with Crippen molar-refractivity contribution in [1.29, 1.82) is 5.26 Å². The number of nitriles is 1. The Bertz CT molecular complexity index is 262. The minimum absolute atomic E-state index is 0.111. The van der Waals surface area contributed by atoms with Gasteiger partial charge in [0.2, 0.25) is 0 Å². The topological polar surface area (TPSA) is 39.5 Å². The Labute approximate surface area is 104 Å². The van der Waals surface area contributed by atoms with Crippen molar-refractivity contribution in [1.82, 2.24) is 9.80 Å². The highest BCUT2D eigenvalue weighted by Gasteiger charge is 2.25. The van der Waals surface area contributed by atoms with Crippen molar-refractivity contribution >= 4 is 0 Å². The van der Waals surface area contributed by atoms with Gasteiger partial charge in [-0.1, -0.05) is 6.92 Å². The van der Waals surface area contributed by atoms with Gasteiger partial charge in [0.1, 0.15) is 0 Å². The maximum atomic E-state index is 9.05. The lowest BCUT2D eigenvalue weighted by atomic mass is 10.1. The summed E-state index contributed by atoms with van der Waals surface area (Å²) in [6.45, 7) is 8.33. The van der Waals surface area contributed by atoms with Gasteiger partial charge in [0.25, 0.3) is 0 Å². The molecule has 2 fully saturated rings. The summed E-state index contributed by atoms with van der Waals surface area (Å²) in [5.74, 6) is 0. The number of hydrogen-bond acceptors (Lipinski definition) is 4. The molecule has 4 heteroatoms. The molecule has 17 heavy (non-hydrogen) atoms. The first kappa shape index (κ1) is 12.8. The molecule has 0 aromatic heterocycles. The standard InChI is InChI=1S/C13H23N3O/c1-2-12(10-14)16-7-5-15(6-8-16)11-13-4-3-9-17-13/h12-13H,2-9,11H2,1H3. The fraction of sp³-hybridized carbons (Fsp3) is 0.923. The zero-order chi connectivity index (χ0) is 12.1. The summed E-state index contributed by atoms with van der Waals surface area (Å²) in [7, 11) is 0. The number of nitrogens with zero attached hydrogens (tertiary/aromatic N) is 3. The molecule has 2 aliphatic heterocycles. The van der Waals surface area contributed by atoms with Crippen molar-refractivity contribution in [2.24, 2.45) is 0 Å². The van der Waals surface area contributed by atoms with Gasteiger partial charge >= 0.3 is 0 Å². The van der Waals surface area contributed by atoms with E-state index in [2.05, 4.69) is 22.8 Å². The maximum absolute atomic E-state index is 9.05. The number of ether oxygens (including phenoxy) is 1. The minimum atomic E-state index is 0.111. The van der Waals surface area contributed by atoms with Crippen molar-refractivity contribution in [3.8, 4) is 6.07 Å². The molecule has 0 saturated carbocycles. The Kier molecular flexibility index (Phi) is 4.78. The Hall–Kier alpha value is -0.630. The highest BCUT2D eigenvalue weighted by Crippen LogP contribution is 2.15. The molecule has 0 spiro atoms. The zero-order valence-corrected chi connectivity index (χ0v) is 10.8. The van der Waals surface area contributed by atoms with E-state index in [0.717, 1.165) is 45.8 Å². The molecule has 2 saturated heterocycles. The third-order valence-electron chi connectivity index (χ3n) is 3.87. The summed E-state index contributed by atoms with van der Waals surface area (Å²) in [4.78, 5) is 4.79. The summed E-state index contributed by atoms with van der Waals surface area (Å²) in [6, 6.07) is 2.50. The molecule has 0 aromatic rings. The Balaban J connectivity index is 1.72. The van der Waals surface area contributed by atoms with Crippen LogP contribution >= 0.6 is 0 Å². The molecular formula is C13H23N3O. The average Bonchev–Trinajstić information content (AvgIpc) is 2.86. The Morgan fingerprint density at radius 2 is 2.12 bits per heavy atom. The quantitative estimate of drug-likeness (QED) is 0.733. The first-order valence-corrected chi connectivity index (χ1v) is 6.81. The van der Waals surface area contributed by atoms with Gasteiger partial charge in [0.05, 0.1) is 18.2 Å². The van der Waals surface area contributed by atoms with Gasteiger partial charge in [0, 0.05) is 39.3 Å². The molecule has 0 amide bonds. The number of piperazine rings is 1. The Morgan fingerprint density at radius 1 is 1.35 bits per heavy atom. The van der Waals surface area contributed by atoms with E-state index in [4.69, 9.17) is 10.00 Å². The lowest BCUT2D eigenvalue weighted by Crippen LogP contribution is -2.51. The average molecular weight is 237 g/mol. The molecule has 0 bridgehead atoms. The molecule has 2 heterocycles. The molecule has 0 N–H and O–H groups in total. The van der Waals surface area contributed by atoms with Crippen molar-refractivity contribution in [2.75, 3.05) is 39.3 Å². The Morgan fingerprint density at radius 3 is 2.65 bits per heavy atom. The van der Waals surface area contributed by atoms with Gasteiger partial charge in [-0.2, -0.15) is 5.26 Å². The van der Waals surface area contributed by atoms with Gasteiger partial charge in [-0.3, -0.25) is 9.80 Å². The van der Waals surface area contributed by atoms with Gasteiger partial charge in [0.15, 0.2) is 0 Å². The van der Waals surface area contributed by atoms with Gasteiger partial charge in [-0.15, -0.1) is 0 Å². The smallest absolute Gasteiger partial charge is 0.0976 e. The summed E-state index contributed by atoms with van der Waals surface area (Å²) >= 11 is 0. The maximum Gasteiger partial charge on any atom is 0.0976 e. The third-order valence-corrected chi connectivity index (χ3v) is 3.87. The van der Waals surface area contributed by atoms with Gasteiger partial charge in [-0.25, -0.2) is 0 Å². The van der Waals surface area contributed by atoms with Gasteiger partial charge in [-0.05, 0) is 19.3 Å². The molecule has 2 atom stereocenters. The lowest BCUT2D eigenvalue weighted by Gasteiger charge is -2.37. The molecule has 4 nitrogen and oxygen atoms in total. The molecule has 2 aliphatic rings. The lowest BCUT2D eigenvalue weighted by molar-refractivity contribution is 0.0453. The zero-order valence-electron chi connectivity index (χ0n) is 10.8. The summed E-state index contributed by atoms with van der Waals surface area (Å²) in [6.07, 6.45) is 3.83. The number of rotatable bonds is 4. The van der Waals surface area contributed by atoms with Crippen molar-refractivity contribution < 1.29 is 4.74 Å². The van der Waals surface area contributed by atoms with Crippen LogP contribution in [0, 0.1) is 11.3 Å². The van der Waals surface area contributed by atoms with E-state index in [1.54, 1.807) is 0 Å². The van der Waals surface area contributed by atoms with Crippen LogP contribution in [0.3, 0.4) is 0 Å². The fourth-order valence-electron chi connectivity index (χ4n) is 2.77. The monoisotopic (exact) mass is 237 g/mol. The second-order valence-corrected chi connectivity index (χ2v) is 5.02. The number of hydrogen-bond donors (Lipinski definition) is 0. The van der Waals surface area contributed by atoms with Crippen molar-refractivity contribution in [2.45, 2.75) is 38.3 Å². The molecule has 2 rings (SSSR count). The van der Waals surface area contributed by atoms with Crippen LogP contribution in [-0.2, 0) is 4.74 Å². The third kappa shape index (κ3) is 3.41. The fourth-order valence-corrected chi connectivity index (χ4v) is 2.77. The van der Waals surface area contributed by atoms with E-state index in [0.29, 0.717) is 6.10 Å². The summed E-state index contributed by atoms with van der Waals surface area (Å²) < 4.78 is 5.66. The second kappa shape index (κ2) is 6.34.